The summed E-state index contributed by atoms with van der Waals surface area (Å²) in [6.45, 7) is 0.693. The van der Waals surface area contributed by atoms with Gasteiger partial charge in [-0.15, -0.1) is 5.10 Å². The molecule has 0 atom stereocenters. The Bertz CT molecular complexity index is 122. The molecule has 0 saturated carbocycles. The molecule has 1 heterocycles. The van der Waals surface area contributed by atoms with Crippen molar-refractivity contribution in [3.8, 4) is 0 Å². The summed E-state index contributed by atoms with van der Waals surface area (Å²) in [5.41, 5.74) is 0. The van der Waals surface area contributed by atoms with E-state index in [0.717, 1.165) is 3.84 Å². The summed E-state index contributed by atoms with van der Waals surface area (Å²) in [7, 11) is 1.88. The van der Waals surface area contributed by atoms with Gasteiger partial charge >= 0.3 is 0 Å². The fourth-order valence-electron chi connectivity index (χ4n) is 0.509. The molecule has 0 radical (unpaired) electrons. The van der Waals surface area contributed by atoms with E-state index in [2.05, 4.69) is 27.7 Å². The van der Waals surface area contributed by atoms with E-state index in [1.54, 1.807) is 10.0 Å². The van der Waals surface area contributed by atoms with Crippen LogP contribution in [0.3, 0.4) is 0 Å². The van der Waals surface area contributed by atoms with Crippen molar-refractivity contribution in [3.05, 3.63) is 0 Å². The Balaban J connectivity index is 2.59. The van der Waals surface area contributed by atoms with Crippen molar-refractivity contribution in [1.82, 2.24) is 10.0 Å². The monoisotopic (exact) mass is 226 g/mol. The summed E-state index contributed by atoms with van der Waals surface area (Å²) in [5.74, 6) is 5.42. The summed E-state index contributed by atoms with van der Waals surface area (Å²) in [6, 6.07) is 0. The maximum Gasteiger partial charge on any atom is 0.202 e. The van der Waals surface area contributed by atoms with Crippen LogP contribution >= 0.6 is 22.6 Å². The quantitative estimate of drug-likeness (QED) is 0.352. The molecule has 0 fully saturated rings. The molecule has 1 rings (SSSR count). The Kier molecular flexibility index (Phi) is 1.57. The van der Waals surface area contributed by atoms with Crippen LogP contribution in [0.2, 0.25) is 0 Å². The molecule has 46 valence electrons. The molecule has 1 aliphatic rings. The van der Waals surface area contributed by atoms with Crippen LogP contribution in [0, 0.1) is 0 Å². The topological polar surface area (TPSA) is 44.9 Å². The molecule has 1 aliphatic heterocycles. The molecule has 0 bridgehead atoms. The summed E-state index contributed by atoms with van der Waals surface area (Å²) in [6.07, 6.45) is 0. The fraction of sp³-hybridized carbons (Fsp3) is 0.667. The van der Waals surface area contributed by atoms with E-state index in [9.17, 15) is 0 Å². The van der Waals surface area contributed by atoms with Gasteiger partial charge in [-0.2, -0.15) is 0 Å². The highest BCUT2D eigenvalue weighted by Gasteiger charge is 2.12. The van der Waals surface area contributed by atoms with Crippen LogP contribution in [0.1, 0.15) is 0 Å². The zero-order chi connectivity index (χ0) is 6.15. The second-order valence-electron chi connectivity index (χ2n) is 1.64. The van der Waals surface area contributed by atoms with Crippen molar-refractivity contribution in [2.45, 2.75) is 0 Å². The van der Waals surface area contributed by atoms with Gasteiger partial charge in [0.15, 0.2) is 0 Å². The van der Waals surface area contributed by atoms with Crippen LogP contribution in [-0.4, -0.2) is 27.6 Å². The minimum Gasteiger partial charge on any atom is -0.276 e. The smallest absolute Gasteiger partial charge is 0.202 e. The largest absolute Gasteiger partial charge is 0.276 e. The van der Waals surface area contributed by atoms with Gasteiger partial charge in [0.05, 0.1) is 0 Å². The van der Waals surface area contributed by atoms with Crippen molar-refractivity contribution in [2.75, 3.05) is 13.7 Å². The molecule has 2 N–H and O–H groups in total. The predicted octanol–water partition coefficient (Wildman–Crippen LogP) is -0.229. The van der Waals surface area contributed by atoms with E-state index in [4.69, 9.17) is 5.84 Å². The van der Waals surface area contributed by atoms with Gasteiger partial charge in [-0.3, -0.25) is 10.0 Å². The number of halogens is 1. The molecule has 0 aromatic heterocycles. The van der Waals surface area contributed by atoms with Gasteiger partial charge in [0.1, 0.15) is 6.67 Å². The van der Waals surface area contributed by atoms with Gasteiger partial charge in [0, 0.05) is 29.6 Å². The molecule has 0 aromatic carbocycles. The van der Waals surface area contributed by atoms with Crippen molar-refractivity contribution in [1.29, 1.82) is 0 Å². The van der Waals surface area contributed by atoms with E-state index in [0.29, 0.717) is 6.67 Å². The van der Waals surface area contributed by atoms with Crippen LogP contribution in [0.4, 0.5) is 0 Å². The number of nitrogens with two attached hydrogens (primary N) is 1. The fourth-order valence-corrected chi connectivity index (χ4v) is 1.03. The van der Waals surface area contributed by atoms with E-state index >= 15 is 0 Å². The van der Waals surface area contributed by atoms with Crippen LogP contribution in [0.25, 0.3) is 0 Å². The zero-order valence-electron chi connectivity index (χ0n) is 4.50. The van der Waals surface area contributed by atoms with E-state index < -0.39 is 0 Å². The minimum atomic E-state index is 0.693. The summed E-state index contributed by atoms with van der Waals surface area (Å²) >= 11 is 2.08. The number of nitrogens with zero attached hydrogens (tertiary/aromatic N) is 3. The van der Waals surface area contributed by atoms with Gasteiger partial charge in [-0.25, -0.2) is 5.84 Å². The second-order valence-corrected chi connectivity index (χ2v) is 2.60. The van der Waals surface area contributed by atoms with Crippen LogP contribution < -0.4 is 5.84 Å². The average molecular weight is 226 g/mol. The first-order chi connectivity index (χ1) is 3.70. The zero-order valence-corrected chi connectivity index (χ0v) is 6.66. The number of hydrazone groups is 1. The number of hydrogen-bond acceptors (Lipinski definition) is 4. The van der Waals surface area contributed by atoms with Crippen LogP contribution in [-0.2, 0) is 0 Å². The minimum absolute atomic E-state index is 0.693. The Morgan fingerprint density at radius 2 is 2.50 bits per heavy atom. The highest BCUT2D eigenvalue weighted by molar-refractivity contribution is 14.1. The highest BCUT2D eigenvalue weighted by atomic mass is 127. The molecule has 5 heteroatoms. The van der Waals surface area contributed by atoms with Crippen LogP contribution in [0.15, 0.2) is 5.10 Å². The Labute approximate surface area is 61.4 Å². The molecule has 4 nitrogen and oxygen atoms in total. The normalized spacial score (nSPS) is 19.6. The third-order valence-corrected chi connectivity index (χ3v) is 1.68. The van der Waals surface area contributed by atoms with Crippen molar-refractivity contribution < 1.29 is 0 Å². The second kappa shape index (κ2) is 2.06. The number of hydrazine groups is 1. The van der Waals surface area contributed by atoms with Gasteiger partial charge in [0.2, 0.25) is 3.84 Å². The lowest BCUT2D eigenvalue weighted by Crippen LogP contribution is -2.33. The number of rotatable bonds is 0. The maximum atomic E-state index is 5.42. The molecule has 0 amide bonds. The molecule has 0 spiro atoms. The predicted molar refractivity (Wildman–Crippen MR) is 40.1 cm³/mol. The average Bonchev–Trinajstić information content (AvgIpc) is 1.85. The van der Waals surface area contributed by atoms with E-state index in [1.807, 2.05) is 7.05 Å². The molecule has 0 saturated heterocycles. The Morgan fingerprint density at radius 1 is 1.88 bits per heavy atom. The van der Waals surface area contributed by atoms with Gasteiger partial charge < -0.3 is 0 Å². The lowest BCUT2D eigenvalue weighted by Gasteiger charge is -2.08. The molecule has 0 aromatic rings. The van der Waals surface area contributed by atoms with Crippen molar-refractivity contribution >= 4 is 26.4 Å². The third-order valence-electron chi connectivity index (χ3n) is 0.847. The molecular formula is C3H7IN4. The van der Waals surface area contributed by atoms with E-state index in [-0.39, 0.29) is 0 Å². The Morgan fingerprint density at radius 3 is 2.62 bits per heavy atom. The molecule has 8 heavy (non-hydrogen) atoms. The third kappa shape index (κ3) is 1.03. The summed E-state index contributed by atoms with van der Waals surface area (Å²) < 4.78 is 0.838. The first-order valence-corrected chi connectivity index (χ1v) is 3.25. The lowest BCUT2D eigenvalue weighted by molar-refractivity contribution is 0.282. The lowest BCUT2D eigenvalue weighted by atomic mass is 11.0. The Hall–Kier alpha value is -0.0400. The molecular weight excluding hydrogens is 219 g/mol. The van der Waals surface area contributed by atoms with E-state index in [1.165, 1.54) is 0 Å². The van der Waals surface area contributed by atoms with Gasteiger partial charge in [-0.05, 0) is 0 Å². The molecule has 0 aliphatic carbocycles. The first-order valence-electron chi connectivity index (χ1n) is 2.17. The molecule has 0 unspecified atom stereocenters. The summed E-state index contributed by atoms with van der Waals surface area (Å²) in [5, 5.41) is 7.37. The van der Waals surface area contributed by atoms with Gasteiger partial charge in [-0.1, -0.05) is 0 Å². The van der Waals surface area contributed by atoms with Crippen LogP contribution in [0.5, 0.6) is 0 Å². The van der Waals surface area contributed by atoms with Gasteiger partial charge in [0.25, 0.3) is 0 Å². The maximum absolute atomic E-state index is 5.42. The standard InChI is InChI=1S/C3H7IN4/c1-7-2-8(5)3(4)6-7/h2,5H2,1H3. The SMILES string of the molecule is CN1CN(N)C(I)=N1. The van der Waals surface area contributed by atoms with Crippen molar-refractivity contribution in [2.24, 2.45) is 10.9 Å². The number of amidine groups is 1. The highest BCUT2D eigenvalue weighted by Crippen LogP contribution is 2.04. The first kappa shape index (κ1) is 6.09. The number of hydrogen-bond donors (Lipinski definition) is 1. The van der Waals surface area contributed by atoms with Crippen molar-refractivity contribution in [3.63, 3.8) is 0 Å². The summed E-state index contributed by atoms with van der Waals surface area (Å²) in [4.78, 5) is 0.